The molecule has 0 unspecified atom stereocenters. The zero-order chi connectivity index (χ0) is 23.7. The molecule has 0 aromatic heterocycles. The molecular weight excluding hydrogens is 430 g/mol. The summed E-state index contributed by atoms with van der Waals surface area (Å²) in [5.74, 6) is -1.52. The fourth-order valence-corrected chi connectivity index (χ4v) is 5.63. The van der Waals surface area contributed by atoms with Crippen LogP contribution in [0.5, 0.6) is 0 Å². The van der Waals surface area contributed by atoms with Gasteiger partial charge in [-0.1, -0.05) is 43.2 Å². The molecule has 4 amide bonds. The SMILES string of the molecule is O=C(CN(C(=O)CN1C(=O)c2ccccc2C1=O)c1ccccc1)N1CCC2(CCCC2)CC1. The number of para-hydroxylation sites is 1. The maximum Gasteiger partial charge on any atom is 0.262 e. The standard InChI is InChI=1S/C27H29N3O4/c31-23(28-16-14-27(15-17-28)12-6-7-13-27)18-29(20-8-2-1-3-9-20)24(32)19-30-25(33)21-10-4-5-11-22(21)26(30)34/h1-5,8-11H,6-7,12-19H2. The van der Waals surface area contributed by atoms with E-state index >= 15 is 0 Å². The molecule has 0 radical (unpaired) electrons. The summed E-state index contributed by atoms with van der Waals surface area (Å²) in [6.07, 6.45) is 7.11. The van der Waals surface area contributed by atoms with E-state index in [1.54, 1.807) is 48.5 Å². The first-order chi connectivity index (χ1) is 16.5. The number of likely N-dealkylation sites (tertiary alicyclic amines) is 1. The van der Waals surface area contributed by atoms with Gasteiger partial charge in [-0.3, -0.25) is 24.1 Å². The Balaban J connectivity index is 1.30. The highest BCUT2D eigenvalue weighted by molar-refractivity contribution is 6.22. The molecule has 2 heterocycles. The summed E-state index contributed by atoms with van der Waals surface area (Å²) in [7, 11) is 0. The molecule has 0 N–H and O–H groups in total. The van der Waals surface area contributed by atoms with Crippen molar-refractivity contribution in [1.82, 2.24) is 9.80 Å². The number of rotatable bonds is 5. The van der Waals surface area contributed by atoms with E-state index in [0.717, 1.165) is 17.7 Å². The van der Waals surface area contributed by atoms with Crippen molar-refractivity contribution in [1.29, 1.82) is 0 Å². The summed E-state index contributed by atoms with van der Waals surface area (Å²) >= 11 is 0. The predicted octanol–water partition coefficient (Wildman–Crippen LogP) is 3.50. The Hall–Kier alpha value is -3.48. The van der Waals surface area contributed by atoms with E-state index in [1.165, 1.54) is 30.6 Å². The molecule has 7 nitrogen and oxygen atoms in total. The first kappa shape index (κ1) is 22.3. The van der Waals surface area contributed by atoms with Crippen molar-refractivity contribution < 1.29 is 19.2 Å². The molecule has 0 bridgehead atoms. The van der Waals surface area contributed by atoms with Crippen LogP contribution in [0.1, 0.15) is 59.2 Å². The fourth-order valence-electron chi connectivity index (χ4n) is 5.63. The van der Waals surface area contributed by atoms with Crippen LogP contribution in [-0.2, 0) is 9.59 Å². The average molecular weight is 460 g/mol. The molecule has 2 aromatic carbocycles. The summed E-state index contributed by atoms with van der Waals surface area (Å²) in [4.78, 5) is 56.3. The summed E-state index contributed by atoms with van der Waals surface area (Å²) in [6.45, 7) is 0.915. The van der Waals surface area contributed by atoms with Crippen LogP contribution in [0.4, 0.5) is 5.69 Å². The number of amides is 4. The summed E-state index contributed by atoms with van der Waals surface area (Å²) in [5.41, 5.74) is 1.58. The van der Waals surface area contributed by atoms with E-state index in [1.807, 2.05) is 11.0 Å². The van der Waals surface area contributed by atoms with Gasteiger partial charge in [-0.05, 0) is 55.4 Å². The maximum atomic E-state index is 13.4. The molecule has 1 saturated heterocycles. The first-order valence-corrected chi connectivity index (χ1v) is 12.1. The van der Waals surface area contributed by atoms with Gasteiger partial charge in [-0.15, -0.1) is 0 Å². The number of carbonyl (C=O) groups is 4. The van der Waals surface area contributed by atoms with Gasteiger partial charge in [0.25, 0.3) is 11.8 Å². The highest BCUT2D eigenvalue weighted by Gasteiger charge is 2.40. The highest BCUT2D eigenvalue weighted by atomic mass is 16.2. The molecule has 1 aliphatic carbocycles. The van der Waals surface area contributed by atoms with Crippen LogP contribution in [0.2, 0.25) is 0 Å². The molecule has 2 aliphatic heterocycles. The minimum atomic E-state index is -0.480. The van der Waals surface area contributed by atoms with E-state index < -0.39 is 24.3 Å². The molecular formula is C27H29N3O4. The monoisotopic (exact) mass is 459 g/mol. The second-order valence-corrected chi connectivity index (χ2v) is 9.65. The third-order valence-electron chi connectivity index (χ3n) is 7.67. The van der Waals surface area contributed by atoms with Crippen LogP contribution in [-0.4, -0.2) is 59.6 Å². The number of piperidine rings is 1. The van der Waals surface area contributed by atoms with Crippen molar-refractivity contribution >= 4 is 29.3 Å². The van der Waals surface area contributed by atoms with Crippen molar-refractivity contribution in [2.24, 2.45) is 5.41 Å². The van der Waals surface area contributed by atoms with Gasteiger partial charge >= 0.3 is 0 Å². The number of anilines is 1. The summed E-state index contributed by atoms with van der Waals surface area (Å²) in [5, 5.41) is 0. The van der Waals surface area contributed by atoms with Crippen LogP contribution in [0.25, 0.3) is 0 Å². The topological polar surface area (TPSA) is 78.0 Å². The lowest BCUT2D eigenvalue weighted by atomic mass is 9.77. The molecule has 2 aromatic rings. The van der Waals surface area contributed by atoms with Gasteiger partial charge in [0, 0.05) is 18.8 Å². The zero-order valence-corrected chi connectivity index (χ0v) is 19.2. The zero-order valence-electron chi connectivity index (χ0n) is 19.2. The second kappa shape index (κ2) is 9.05. The minimum absolute atomic E-state index is 0.104. The average Bonchev–Trinajstić information content (AvgIpc) is 3.42. The predicted molar refractivity (Wildman–Crippen MR) is 127 cm³/mol. The number of hydrogen-bond donors (Lipinski definition) is 0. The summed E-state index contributed by atoms with van der Waals surface area (Å²) < 4.78 is 0. The van der Waals surface area contributed by atoms with Crippen molar-refractivity contribution in [3.05, 3.63) is 65.7 Å². The Bertz CT molecular complexity index is 1080. The number of imide groups is 1. The number of hydrogen-bond acceptors (Lipinski definition) is 4. The van der Waals surface area contributed by atoms with Gasteiger partial charge < -0.3 is 9.80 Å². The Kier molecular flexibility index (Phi) is 5.94. The molecule has 1 saturated carbocycles. The van der Waals surface area contributed by atoms with E-state index in [0.29, 0.717) is 35.3 Å². The molecule has 7 heteroatoms. The molecule has 0 atom stereocenters. The van der Waals surface area contributed by atoms with Crippen molar-refractivity contribution in [2.75, 3.05) is 31.1 Å². The maximum absolute atomic E-state index is 13.4. The first-order valence-electron chi connectivity index (χ1n) is 12.1. The van der Waals surface area contributed by atoms with Gasteiger partial charge in [-0.25, -0.2) is 0 Å². The third-order valence-corrected chi connectivity index (χ3v) is 7.67. The Morgan fingerprint density at radius 1 is 0.794 bits per heavy atom. The minimum Gasteiger partial charge on any atom is -0.341 e. The van der Waals surface area contributed by atoms with Gasteiger partial charge in [0.05, 0.1) is 11.1 Å². The lowest BCUT2D eigenvalue weighted by molar-refractivity contribution is -0.133. The molecule has 34 heavy (non-hydrogen) atoms. The number of benzene rings is 2. The molecule has 5 rings (SSSR count). The summed E-state index contributed by atoms with van der Waals surface area (Å²) in [6, 6.07) is 15.5. The third kappa shape index (κ3) is 4.11. The van der Waals surface area contributed by atoms with Gasteiger partial charge in [0.15, 0.2) is 0 Å². The van der Waals surface area contributed by atoms with Crippen LogP contribution in [0.15, 0.2) is 54.6 Å². The molecule has 176 valence electrons. The Morgan fingerprint density at radius 3 is 1.94 bits per heavy atom. The van der Waals surface area contributed by atoms with Crippen LogP contribution in [0.3, 0.4) is 0 Å². The van der Waals surface area contributed by atoms with Crippen LogP contribution >= 0.6 is 0 Å². The van der Waals surface area contributed by atoms with Crippen molar-refractivity contribution in [3.8, 4) is 0 Å². The largest absolute Gasteiger partial charge is 0.341 e. The van der Waals surface area contributed by atoms with Gasteiger partial charge in [0.2, 0.25) is 11.8 Å². The lowest BCUT2D eigenvalue weighted by Crippen LogP contribution is -2.50. The van der Waals surface area contributed by atoms with Gasteiger partial charge in [0.1, 0.15) is 13.1 Å². The van der Waals surface area contributed by atoms with E-state index in [4.69, 9.17) is 0 Å². The van der Waals surface area contributed by atoms with Crippen molar-refractivity contribution in [2.45, 2.75) is 38.5 Å². The number of carbonyl (C=O) groups excluding carboxylic acids is 4. The lowest BCUT2D eigenvalue weighted by Gasteiger charge is -2.40. The van der Waals surface area contributed by atoms with Gasteiger partial charge in [-0.2, -0.15) is 0 Å². The highest BCUT2D eigenvalue weighted by Crippen LogP contribution is 2.46. The van der Waals surface area contributed by atoms with Crippen molar-refractivity contribution in [3.63, 3.8) is 0 Å². The molecule has 3 aliphatic rings. The van der Waals surface area contributed by atoms with Crippen LogP contribution in [0, 0.1) is 5.41 Å². The Morgan fingerprint density at radius 2 is 1.35 bits per heavy atom. The van der Waals surface area contributed by atoms with E-state index in [9.17, 15) is 19.2 Å². The fraction of sp³-hybridized carbons (Fsp3) is 0.407. The second-order valence-electron chi connectivity index (χ2n) is 9.65. The molecule has 1 spiro atoms. The quantitative estimate of drug-likeness (QED) is 0.641. The smallest absolute Gasteiger partial charge is 0.262 e. The molecule has 2 fully saturated rings. The van der Waals surface area contributed by atoms with Crippen LogP contribution < -0.4 is 4.90 Å². The number of fused-ring (bicyclic) bond motifs is 1. The Labute approximate surface area is 199 Å². The van der Waals surface area contributed by atoms with E-state index in [-0.39, 0.29) is 12.5 Å². The normalized spacial score (nSPS) is 18.9. The van der Waals surface area contributed by atoms with E-state index in [2.05, 4.69) is 0 Å². The number of nitrogens with zero attached hydrogens (tertiary/aromatic N) is 3.